The predicted molar refractivity (Wildman–Crippen MR) is 92.3 cm³/mol. The Morgan fingerprint density at radius 2 is 2.08 bits per heavy atom. The Labute approximate surface area is 146 Å². The number of carbonyl (C=O) groups excluding carboxylic acids is 1. The lowest BCUT2D eigenvalue weighted by molar-refractivity contribution is -0.128. The van der Waals surface area contributed by atoms with Crippen LogP contribution in [0.25, 0.3) is 0 Å². The molecule has 0 saturated carbocycles. The first-order chi connectivity index (χ1) is 12.0. The van der Waals surface area contributed by atoms with Gasteiger partial charge in [-0.2, -0.15) is 5.26 Å². The summed E-state index contributed by atoms with van der Waals surface area (Å²) in [5.41, 5.74) is 3.09. The van der Waals surface area contributed by atoms with E-state index >= 15 is 0 Å². The van der Waals surface area contributed by atoms with Crippen LogP contribution in [0.2, 0.25) is 0 Å². The second-order valence-electron chi connectivity index (χ2n) is 6.36. The standard InChI is InChI=1S/C19H19FN4O/c1-12-7-13(2)22-19(17(12)9-21)23-16-8-18(25)24(11-16)10-14-3-5-15(20)6-4-14/h3-7,16H,8,10-11H2,1-2H3,(H,22,23). The summed E-state index contributed by atoms with van der Waals surface area (Å²) in [5.74, 6) is 0.270. The summed E-state index contributed by atoms with van der Waals surface area (Å²) in [6, 6.07) is 10.1. The van der Waals surface area contributed by atoms with E-state index in [0.717, 1.165) is 16.8 Å². The number of anilines is 1. The molecule has 1 unspecified atom stereocenters. The van der Waals surface area contributed by atoms with Crippen molar-refractivity contribution in [3.05, 3.63) is 58.5 Å². The molecule has 2 aromatic rings. The number of aryl methyl sites for hydroxylation is 2. The number of halogens is 1. The Hall–Kier alpha value is -2.94. The summed E-state index contributed by atoms with van der Waals surface area (Å²) in [7, 11) is 0. The molecule has 3 rings (SSSR count). The minimum atomic E-state index is -0.291. The van der Waals surface area contributed by atoms with Crippen molar-refractivity contribution < 1.29 is 9.18 Å². The Balaban J connectivity index is 1.71. The first-order valence-electron chi connectivity index (χ1n) is 8.13. The number of hydrogen-bond acceptors (Lipinski definition) is 4. The lowest BCUT2D eigenvalue weighted by Gasteiger charge is -2.18. The molecule has 128 valence electrons. The summed E-state index contributed by atoms with van der Waals surface area (Å²) in [5, 5.41) is 12.6. The molecule has 1 N–H and O–H groups in total. The van der Waals surface area contributed by atoms with Gasteiger partial charge in [0.1, 0.15) is 17.7 Å². The predicted octanol–water partition coefficient (Wildman–Crippen LogP) is 2.92. The van der Waals surface area contributed by atoms with Gasteiger partial charge in [-0.3, -0.25) is 4.79 Å². The average molecular weight is 338 g/mol. The number of rotatable bonds is 4. The number of nitrogens with one attached hydrogen (secondary N) is 1. The van der Waals surface area contributed by atoms with E-state index < -0.39 is 0 Å². The number of amides is 1. The molecular weight excluding hydrogens is 319 g/mol. The Morgan fingerprint density at radius 1 is 1.36 bits per heavy atom. The third kappa shape index (κ3) is 3.77. The minimum Gasteiger partial charge on any atom is -0.364 e. The van der Waals surface area contributed by atoms with E-state index in [1.165, 1.54) is 12.1 Å². The first-order valence-corrected chi connectivity index (χ1v) is 8.13. The topological polar surface area (TPSA) is 69.0 Å². The molecule has 1 aliphatic heterocycles. The van der Waals surface area contributed by atoms with Gasteiger partial charge in [0, 0.05) is 25.2 Å². The van der Waals surface area contributed by atoms with Gasteiger partial charge < -0.3 is 10.2 Å². The average Bonchev–Trinajstić information content (AvgIpc) is 2.88. The van der Waals surface area contributed by atoms with E-state index in [0.29, 0.717) is 30.9 Å². The number of aromatic nitrogens is 1. The lowest BCUT2D eigenvalue weighted by atomic mass is 10.1. The Bertz CT molecular complexity index is 842. The molecule has 25 heavy (non-hydrogen) atoms. The molecule has 1 amide bonds. The first kappa shape index (κ1) is 16.9. The molecule has 0 bridgehead atoms. The fraction of sp³-hybridized carbons (Fsp3) is 0.316. The highest BCUT2D eigenvalue weighted by molar-refractivity contribution is 5.80. The molecule has 6 heteroatoms. The summed E-state index contributed by atoms with van der Waals surface area (Å²) in [6.45, 7) is 4.72. The molecule has 1 fully saturated rings. The molecule has 0 spiro atoms. The molecule has 1 saturated heterocycles. The van der Waals surface area contributed by atoms with E-state index in [9.17, 15) is 14.4 Å². The van der Waals surface area contributed by atoms with Crippen molar-refractivity contribution in [3.63, 3.8) is 0 Å². The number of carbonyl (C=O) groups is 1. The summed E-state index contributed by atoms with van der Waals surface area (Å²) < 4.78 is 13.0. The van der Waals surface area contributed by atoms with E-state index in [4.69, 9.17) is 0 Å². The summed E-state index contributed by atoms with van der Waals surface area (Å²) >= 11 is 0. The lowest BCUT2D eigenvalue weighted by Crippen LogP contribution is -2.28. The zero-order valence-electron chi connectivity index (χ0n) is 14.2. The highest BCUT2D eigenvalue weighted by atomic mass is 19.1. The maximum absolute atomic E-state index is 13.0. The molecule has 0 aliphatic carbocycles. The van der Waals surface area contributed by atoms with Gasteiger partial charge in [0.05, 0.1) is 11.6 Å². The summed E-state index contributed by atoms with van der Waals surface area (Å²) in [4.78, 5) is 18.4. The van der Waals surface area contributed by atoms with Crippen LogP contribution < -0.4 is 5.32 Å². The SMILES string of the molecule is Cc1cc(C)c(C#N)c(NC2CC(=O)N(Cc3ccc(F)cc3)C2)n1. The number of nitrogens with zero attached hydrogens (tertiary/aromatic N) is 3. The van der Waals surface area contributed by atoms with Gasteiger partial charge in [-0.1, -0.05) is 12.1 Å². The van der Waals surface area contributed by atoms with Crippen molar-refractivity contribution in [2.45, 2.75) is 32.9 Å². The van der Waals surface area contributed by atoms with Gasteiger partial charge >= 0.3 is 0 Å². The molecule has 1 aromatic heterocycles. The number of pyridine rings is 1. The normalized spacial score (nSPS) is 16.8. The zero-order valence-corrected chi connectivity index (χ0v) is 14.2. The van der Waals surface area contributed by atoms with Crippen molar-refractivity contribution >= 4 is 11.7 Å². The quantitative estimate of drug-likeness (QED) is 0.931. The van der Waals surface area contributed by atoms with Crippen LogP contribution in [-0.4, -0.2) is 28.4 Å². The third-order valence-corrected chi connectivity index (χ3v) is 4.30. The van der Waals surface area contributed by atoms with Crippen molar-refractivity contribution in [3.8, 4) is 6.07 Å². The van der Waals surface area contributed by atoms with Crippen molar-refractivity contribution in [2.24, 2.45) is 0 Å². The highest BCUT2D eigenvalue weighted by Gasteiger charge is 2.30. The van der Waals surface area contributed by atoms with Gasteiger partial charge in [0.15, 0.2) is 0 Å². The number of nitriles is 1. The van der Waals surface area contributed by atoms with Crippen molar-refractivity contribution in [2.75, 3.05) is 11.9 Å². The smallest absolute Gasteiger partial charge is 0.225 e. The number of hydrogen-bond donors (Lipinski definition) is 1. The van der Waals surface area contributed by atoms with Gasteiger partial charge in [-0.15, -0.1) is 0 Å². The van der Waals surface area contributed by atoms with E-state index in [1.807, 2.05) is 19.9 Å². The number of likely N-dealkylation sites (tertiary alicyclic amines) is 1. The van der Waals surface area contributed by atoms with Crippen molar-refractivity contribution in [1.82, 2.24) is 9.88 Å². The van der Waals surface area contributed by atoms with Crippen LogP contribution in [0.3, 0.4) is 0 Å². The van der Waals surface area contributed by atoms with Crippen LogP contribution in [0.5, 0.6) is 0 Å². The molecular formula is C19H19FN4O. The van der Waals surface area contributed by atoms with Crippen molar-refractivity contribution in [1.29, 1.82) is 5.26 Å². The molecule has 2 heterocycles. The van der Waals surface area contributed by atoms with Crippen LogP contribution in [0.1, 0.15) is 28.8 Å². The monoisotopic (exact) mass is 338 g/mol. The van der Waals surface area contributed by atoms with Crippen LogP contribution in [0, 0.1) is 31.0 Å². The fourth-order valence-electron chi connectivity index (χ4n) is 3.11. The second kappa shape index (κ2) is 6.89. The van der Waals surface area contributed by atoms with Crippen LogP contribution >= 0.6 is 0 Å². The van der Waals surface area contributed by atoms with E-state index in [2.05, 4.69) is 16.4 Å². The minimum absolute atomic E-state index is 0.0321. The Kier molecular flexibility index (Phi) is 4.66. The third-order valence-electron chi connectivity index (χ3n) is 4.30. The maximum atomic E-state index is 13.0. The van der Waals surface area contributed by atoms with E-state index in [-0.39, 0.29) is 17.8 Å². The molecule has 1 aliphatic rings. The van der Waals surface area contributed by atoms with Gasteiger partial charge in [-0.05, 0) is 43.2 Å². The van der Waals surface area contributed by atoms with E-state index in [1.54, 1.807) is 17.0 Å². The maximum Gasteiger partial charge on any atom is 0.225 e. The Morgan fingerprint density at radius 3 is 2.76 bits per heavy atom. The van der Waals surface area contributed by atoms with Gasteiger partial charge in [0.25, 0.3) is 0 Å². The van der Waals surface area contributed by atoms with Gasteiger partial charge in [-0.25, -0.2) is 9.37 Å². The fourth-order valence-corrected chi connectivity index (χ4v) is 3.11. The zero-order chi connectivity index (χ0) is 18.0. The van der Waals surface area contributed by atoms with Crippen LogP contribution in [0.15, 0.2) is 30.3 Å². The molecule has 1 aromatic carbocycles. The molecule has 0 radical (unpaired) electrons. The van der Waals surface area contributed by atoms with Crippen LogP contribution in [0.4, 0.5) is 10.2 Å². The molecule has 5 nitrogen and oxygen atoms in total. The molecule has 1 atom stereocenters. The van der Waals surface area contributed by atoms with Crippen LogP contribution in [-0.2, 0) is 11.3 Å². The number of benzene rings is 1. The largest absolute Gasteiger partial charge is 0.364 e. The van der Waals surface area contributed by atoms with Gasteiger partial charge in [0.2, 0.25) is 5.91 Å². The summed E-state index contributed by atoms with van der Waals surface area (Å²) in [6.07, 6.45) is 0.348. The highest BCUT2D eigenvalue weighted by Crippen LogP contribution is 2.22. The second-order valence-corrected chi connectivity index (χ2v) is 6.36.